The van der Waals surface area contributed by atoms with Gasteiger partial charge in [-0.3, -0.25) is 0 Å². The van der Waals surface area contributed by atoms with Crippen molar-refractivity contribution in [1.82, 2.24) is 10.6 Å². The molecule has 1 unspecified atom stereocenters. The Labute approximate surface area is 59.0 Å². The minimum Gasteiger partial charge on any atom is -0.318 e. The summed E-state index contributed by atoms with van der Waals surface area (Å²) in [5.41, 5.74) is 0. The summed E-state index contributed by atoms with van der Waals surface area (Å²) in [6.07, 6.45) is 0. The molecule has 2 nitrogen and oxygen atoms in total. The summed E-state index contributed by atoms with van der Waals surface area (Å²) in [6.45, 7) is 7.17. The zero-order chi connectivity index (χ0) is 7.70. The summed E-state index contributed by atoms with van der Waals surface area (Å²) >= 11 is 0. The van der Waals surface area contributed by atoms with E-state index in [1.54, 1.807) is 0 Å². The van der Waals surface area contributed by atoms with Crippen LogP contribution in [-0.2, 0) is 0 Å². The maximum absolute atomic E-state index is 3.10. The largest absolute Gasteiger partial charge is 0.318 e. The molecule has 0 aromatic heterocycles. The fourth-order valence-electron chi connectivity index (χ4n) is 0.408. The Morgan fingerprint density at radius 1 is 1.22 bits per heavy atom. The molecule has 0 saturated carbocycles. The zero-order valence-electron chi connectivity index (χ0n) is 7.28. The van der Waals surface area contributed by atoms with Crippen molar-refractivity contribution in [1.29, 1.82) is 0 Å². The highest BCUT2D eigenvalue weighted by Crippen LogP contribution is 1.70. The maximum atomic E-state index is 3.10. The van der Waals surface area contributed by atoms with Crippen LogP contribution in [0.3, 0.4) is 0 Å². The second kappa shape index (κ2) is 10.8. The van der Waals surface area contributed by atoms with E-state index in [2.05, 4.69) is 17.6 Å². The van der Waals surface area contributed by atoms with Crippen molar-refractivity contribution < 1.29 is 0 Å². The summed E-state index contributed by atoms with van der Waals surface area (Å²) in [5.74, 6) is 0. The van der Waals surface area contributed by atoms with E-state index >= 15 is 0 Å². The van der Waals surface area contributed by atoms with E-state index in [0.717, 1.165) is 6.54 Å². The van der Waals surface area contributed by atoms with Crippen LogP contribution in [0.1, 0.15) is 20.8 Å². The molecular weight excluding hydrogens is 112 g/mol. The van der Waals surface area contributed by atoms with Gasteiger partial charge in [-0.25, -0.2) is 0 Å². The predicted molar refractivity (Wildman–Crippen MR) is 43.8 cm³/mol. The molecule has 1 atom stereocenters. The van der Waals surface area contributed by atoms with Gasteiger partial charge in [0.15, 0.2) is 0 Å². The summed E-state index contributed by atoms with van der Waals surface area (Å²) < 4.78 is 0. The number of likely N-dealkylation sites (N-methyl/N-ethyl adjacent to an activating group) is 2. The van der Waals surface area contributed by atoms with Crippen molar-refractivity contribution >= 4 is 0 Å². The van der Waals surface area contributed by atoms with Crippen LogP contribution in [0.4, 0.5) is 0 Å². The molecule has 0 aromatic carbocycles. The van der Waals surface area contributed by atoms with Gasteiger partial charge in [0, 0.05) is 12.6 Å². The SMILES string of the molecule is CC.CNCC(C)NC. The molecule has 0 aliphatic carbocycles. The second-order valence-corrected chi connectivity index (χ2v) is 1.75. The molecule has 0 aliphatic rings. The number of nitrogens with one attached hydrogen (secondary N) is 2. The fourth-order valence-corrected chi connectivity index (χ4v) is 0.408. The van der Waals surface area contributed by atoms with Crippen LogP contribution in [0.2, 0.25) is 0 Å². The lowest BCUT2D eigenvalue weighted by Crippen LogP contribution is -2.31. The van der Waals surface area contributed by atoms with Crippen LogP contribution in [0, 0.1) is 0 Å². The van der Waals surface area contributed by atoms with Crippen LogP contribution < -0.4 is 10.6 Å². The second-order valence-electron chi connectivity index (χ2n) is 1.75. The third kappa shape index (κ3) is 11.5. The Bertz CT molecular complexity index is 37.9. The van der Waals surface area contributed by atoms with Gasteiger partial charge < -0.3 is 10.6 Å². The Hall–Kier alpha value is -0.0800. The molecule has 0 spiro atoms. The molecule has 9 heavy (non-hydrogen) atoms. The minimum absolute atomic E-state index is 0.588. The van der Waals surface area contributed by atoms with Crippen LogP contribution in [0.5, 0.6) is 0 Å². The summed E-state index contributed by atoms with van der Waals surface area (Å²) in [6, 6.07) is 0.588. The predicted octanol–water partition coefficient (Wildman–Crippen LogP) is 0.840. The highest BCUT2D eigenvalue weighted by molar-refractivity contribution is 4.56. The third-order valence-corrected chi connectivity index (χ3v) is 1.00. The molecule has 0 aliphatic heterocycles. The van der Waals surface area contributed by atoms with Crippen molar-refractivity contribution in [2.24, 2.45) is 0 Å². The number of rotatable bonds is 3. The van der Waals surface area contributed by atoms with E-state index in [-0.39, 0.29) is 0 Å². The number of hydrogen-bond acceptors (Lipinski definition) is 2. The Morgan fingerprint density at radius 3 is 1.78 bits per heavy atom. The molecule has 0 fully saturated rings. The van der Waals surface area contributed by atoms with E-state index < -0.39 is 0 Å². The van der Waals surface area contributed by atoms with E-state index in [1.807, 2.05) is 27.9 Å². The van der Waals surface area contributed by atoms with Crippen LogP contribution >= 0.6 is 0 Å². The van der Waals surface area contributed by atoms with E-state index in [9.17, 15) is 0 Å². The molecule has 2 heteroatoms. The van der Waals surface area contributed by atoms with E-state index in [4.69, 9.17) is 0 Å². The molecule has 0 saturated heterocycles. The van der Waals surface area contributed by atoms with Gasteiger partial charge in [0.1, 0.15) is 0 Å². The first-order chi connectivity index (χ1) is 4.31. The van der Waals surface area contributed by atoms with Gasteiger partial charge >= 0.3 is 0 Å². The van der Waals surface area contributed by atoms with E-state index in [0.29, 0.717) is 6.04 Å². The van der Waals surface area contributed by atoms with Gasteiger partial charge in [-0.05, 0) is 21.0 Å². The normalized spacial score (nSPS) is 11.7. The minimum atomic E-state index is 0.588. The average molecular weight is 132 g/mol. The summed E-state index contributed by atoms with van der Waals surface area (Å²) in [5, 5.41) is 6.16. The highest BCUT2D eigenvalue weighted by atomic mass is 14.9. The first-order valence-corrected chi connectivity index (χ1v) is 3.63. The molecular formula is C7H20N2. The molecule has 2 N–H and O–H groups in total. The van der Waals surface area contributed by atoms with Gasteiger partial charge in [-0.1, -0.05) is 13.8 Å². The van der Waals surface area contributed by atoms with Crippen LogP contribution in [0.15, 0.2) is 0 Å². The van der Waals surface area contributed by atoms with Gasteiger partial charge in [0.2, 0.25) is 0 Å². The molecule has 0 heterocycles. The Kier molecular flexibility index (Phi) is 14.0. The van der Waals surface area contributed by atoms with Gasteiger partial charge in [-0.2, -0.15) is 0 Å². The lowest BCUT2D eigenvalue weighted by molar-refractivity contribution is 0.573. The standard InChI is InChI=1S/C5H14N2.C2H6/c1-5(7-3)4-6-2;1-2/h5-7H,4H2,1-3H3;1-2H3. The van der Waals surface area contributed by atoms with Crippen molar-refractivity contribution in [2.45, 2.75) is 26.8 Å². The first kappa shape index (κ1) is 11.7. The maximum Gasteiger partial charge on any atom is 0.0161 e. The third-order valence-electron chi connectivity index (χ3n) is 1.00. The molecule has 58 valence electrons. The van der Waals surface area contributed by atoms with Crippen molar-refractivity contribution in [2.75, 3.05) is 20.6 Å². The van der Waals surface area contributed by atoms with Gasteiger partial charge in [-0.15, -0.1) is 0 Å². The monoisotopic (exact) mass is 132 g/mol. The zero-order valence-corrected chi connectivity index (χ0v) is 7.28. The molecule has 0 aromatic rings. The van der Waals surface area contributed by atoms with Crippen LogP contribution in [0.25, 0.3) is 0 Å². The Balaban J connectivity index is 0. The highest BCUT2D eigenvalue weighted by Gasteiger charge is 1.90. The molecule has 0 amide bonds. The van der Waals surface area contributed by atoms with Gasteiger partial charge in [0.05, 0.1) is 0 Å². The van der Waals surface area contributed by atoms with Crippen molar-refractivity contribution in [3.05, 3.63) is 0 Å². The summed E-state index contributed by atoms with van der Waals surface area (Å²) in [7, 11) is 3.91. The average Bonchev–Trinajstić information content (AvgIpc) is 1.93. The quantitative estimate of drug-likeness (QED) is 0.594. The van der Waals surface area contributed by atoms with Gasteiger partial charge in [0.25, 0.3) is 0 Å². The van der Waals surface area contributed by atoms with Crippen molar-refractivity contribution in [3.8, 4) is 0 Å². The number of hydrogen-bond donors (Lipinski definition) is 2. The lowest BCUT2D eigenvalue weighted by Gasteiger charge is -2.06. The topological polar surface area (TPSA) is 24.1 Å². The molecule has 0 radical (unpaired) electrons. The van der Waals surface area contributed by atoms with Crippen LogP contribution in [-0.4, -0.2) is 26.7 Å². The smallest absolute Gasteiger partial charge is 0.0161 e. The molecule has 0 bridgehead atoms. The lowest BCUT2D eigenvalue weighted by atomic mass is 10.3. The fraction of sp³-hybridized carbons (Fsp3) is 1.00. The molecule has 0 rings (SSSR count). The Morgan fingerprint density at radius 2 is 1.67 bits per heavy atom. The van der Waals surface area contributed by atoms with Crippen molar-refractivity contribution in [3.63, 3.8) is 0 Å². The summed E-state index contributed by atoms with van der Waals surface area (Å²) in [4.78, 5) is 0. The first-order valence-electron chi connectivity index (χ1n) is 3.63. The van der Waals surface area contributed by atoms with E-state index in [1.165, 1.54) is 0 Å².